The molecule has 0 spiro atoms. The van der Waals surface area contributed by atoms with Crippen LogP contribution in [0.15, 0.2) is 0 Å². The minimum Gasteiger partial charge on any atom is -0.271 e. The van der Waals surface area contributed by atoms with Crippen molar-refractivity contribution < 1.29 is 13.2 Å². The highest BCUT2D eigenvalue weighted by Crippen LogP contribution is 2.36. The van der Waals surface area contributed by atoms with Crippen molar-refractivity contribution in [2.45, 2.75) is 13.1 Å². The molecule has 0 radical (unpaired) electrons. The Morgan fingerprint density at radius 1 is 1.42 bits per heavy atom. The molecule has 6 heteroatoms. The van der Waals surface area contributed by atoms with Gasteiger partial charge in [0.05, 0.1) is 0 Å². The van der Waals surface area contributed by atoms with E-state index in [0.29, 0.717) is 0 Å². The summed E-state index contributed by atoms with van der Waals surface area (Å²) in [5.41, 5.74) is -0.834. The molecule has 68 valence electrons. The van der Waals surface area contributed by atoms with E-state index in [1.165, 1.54) is 14.0 Å². The highest BCUT2D eigenvalue weighted by Gasteiger charge is 2.37. The normalized spacial score (nSPS) is 12.2. The summed E-state index contributed by atoms with van der Waals surface area (Å²) in [7, 11) is 1.41. The first-order chi connectivity index (χ1) is 5.34. The summed E-state index contributed by atoms with van der Waals surface area (Å²) in [6.07, 6.45) is -4.42. The number of aromatic nitrogens is 2. The van der Waals surface area contributed by atoms with Gasteiger partial charge in [-0.3, -0.25) is 4.68 Å². The number of alkyl halides is 3. The van der Waals surface area contributed by atoms with Crippen LogP contribution < -0.4 is 0 Å². The van der Waals surface area contributed by atoms with Crippen LogP contribution in [0.5, 0.6) is 0 Å². The third kappa shape index (κ3) is 1.41. The molecule has 0 saturated heterocycles. The zero-order valence-electron chi connectivity index (χ0n) is 6.41. The maximum atomic E-state index is 12.2. The van der Waals surface area contributed by atoms with E-state index in [1.807, 2.05) is 0 Å². The lowest BCUT2D eigenvalue weighted by Gasteiger charge is -2.04. The van der Waals surface area contributed by atoms with Crippen LogP contribution in [0.1, 0.15) is 11.3 Å². The molecule has 0 aliphatic heterocycles. The van der Waals surface area contributed by atoms with E-state index in [4.69, 9.17) is 11.6 Å². The van der Waals surface area contributed by atoms with Crippen LogP contribution in [0.25, 0.3) is 0 Å². The molecule has 0 amide bonds. The van der Waals surface area contributed by atoms with Gasteiger partial charge in [-0.25, -0.2) is 0 Å². The second-order valence-electron chi connectivity index (χ2n) is 2.37. The second-order valence-corrected chi connectivity index (χ2v) is 2.73. The lowest BCUT2D eigenvalue weighted by Crippen LogP contribution is -2.07. The van der Waals surface area contributed by atoms with Crippen molar-refractivity contribution in [2.24, 2.45) is 7.05 Å². The zero-order valence-corrected chi connectivity index (χ0v) is 7.16. The van der Waals surface area contributed by atoms with Crippen LogP contribution in [-0.2, 0) is 13.2 Å². The Hall–Kier alpha value is -0.710. The summed E-state index contributed by atoms with van der Waals surface area (Å²) < 4.78 is 37.7. The van der Waals surface area contributed by atoms with Gasteiger partial charge in [0, 0.05) is 12.7 Å². The Bertz CT molecular complexity index is 302. The maximum absolute atomic E-state index is 12.2. The Morgan fingerprint density at radius 2 is 1.92 bits per heavy atom. The van der Waals surface area contributed by atoms with E-state index in [9.17, 15) is 13.2 Å². The van der Waals surface area contributed by atoms with E-state index in [1.54, 1.807) is 0 Å². The molecule has 0 N–H and O–H groups in total. The first-order valence-corrected chi connectivity index (χ1v) is 3.48. The summed E-state index contributed by atoms with van der Waals surface area (Å²) in [5.74, 6) is 0. The number of rotatable bonds is 0. The summed E-state index contributed by atoms with van der Waals surface area (Å²) in [6.45, 7) is 1.32. The molecule has 0 fully saturated rings. The van der Waals surface area contributed by atoms with Gasteiger partial charge in [-0.2, -0.15) is 18.3 Å². The van der Waals surface area contributed by atoms with Gasteiger partial charge in [0.15, 0.2) is 5.15 Å². The van der Waals surface area contributed by atoms with E-state index >= 15 is 0 Å². The largest absolute Gasteiger partial charge is 0.421 e. The van der Waals surface area contributed by atoms with Crippen molar-refractivity contribution in [2.75, 3.05) is 0 Å². The molecule has 0 atom stereocenters. The fourth-order valence-corrected chi connectivity index (χ4v) is 1.25. The number of nitrogens with zero attached hydrogens (tertiary/aromatic N) is 2. The first kappa shape index (κ1) is 9.38. The van der Waals surface area contributed by atoms with Crippen molar-refractivity contribution in [1.29, 1.82) is 0 Å². The predicted molar refractivity (Wildman–Crippen MR) is 38.0 cm³/mol. The molecule has 0 unspecified atom stereocenters. The van der Waals surface area contributed by atoms with Gasteiger partial charge < -0.3 is 0 Å². The van der Waals surface area contributed by atoms with E-state index < -0.39 is 16.9 Å². The average Bonchev–Trinajstić information content (AvgIpc) is 2.05. The maximum Gasteiger partial charge on any atom is 0.421 e. The Balaban J connectivity index is 3.32. The van der Waals surface area contributed by atoms with Crippen molar-refractivity contribution in [1.82, 2.24) is 9.78 Å². The fraction of sp³-hybridized carbons (Fsp3) is 0.500. The highest BCUT2D eigenvalue weighted by atomic mass is 35.5. The van der Waals surface area contributed by atoms with E-state index in [0.717, 1.165) is 4.68 Å². The Morgan fingerprint density at radius 3 is 2.08 bits per heavy atom. The summed E-state index contributed by atoms with van der Waals surface area (Å²) in [4.78, 5) is 0. The number of hydrogen-bond acceptors (Lipinski definition) is 1. The van der Waals surface area contributed by atoms with Gasteiger partial charge in [-0.1, -0.05) is 11.6 Å². The molecule has 0 aromatic carbocycles. The first-order valence-electron chi connectivity index (χ1n) is 3.10. The molecule has 1 aromatic heterocycles. The monoisotopic (exact) mass is 198 g/mol. The van der Waals surface area contributed by atoms with Crippen LogP contribution in [-0.4, -0.2) is 9.78 Å². The molecule has 1 heterocycles. The SMILES string of the molecule is Cc1c(C(F)(F)F)c(Cl)nn1C. The minimum atomic E-state index is -4.42. The molecule has 0 aliphatic rings. The lowest BCUT2D eigenvalue weighted by molar-refractivity contribution is -0.138. The number of aryl methyl sites for hydroxylation is 1. The summed E-state index contributed by atoms with van der Waals surface area (Å²) in [6, 6.07) is 0. The van der Waals surface area contributed by atoms with Gasteiger partial charge in [0.2, 0.25) is 0 Å². The van der Waals surface area contributed by atoms with Crippen molar-refractivity contribution in [3.05, 3.63) is 16.4 Å². The quantitative estimate of drug-likeness (QED) is 0.626. The average molecular weight is 199 g/mol. The Labute approximate surface area is 71.9 Å². The van der Waals surface area contributed by atoms with Gasteiger partial charge in [0.1, 0.15) is 5.56 Å². The van der Waals surface area contributed by atoms with Crippen molar-refractivity contribution >= 4 is 11.6 Å². The van der Waals surface area contributed by atoms with Crippen molar-refractivity contribution in [3.8, 4) is 0 Å². The smallest absolute Gasteiger partial charge is 0.271 e. The van der Waals surface area contributed by atoms with Crippen LogP contribution in [0.4, 0.5) is 13.2 Å². The molecule has 12 heavy (non-hydrogen) atoms. The molecule has 1 aromatic rings. The van der Waals surface area contributed by atoms with E-state index in [2.05, 4.69) is 5.10 Å². The standard InChI is InChI=1S/C6H6ClF3N2/c1-3-4(6(8,9)10)5(7)11-12(3)2/h1-2H3. The predicted octanol–water partition coefficient (Wildman–Crippen LogP) is 2.40. The molecule has 0 bridgehead atoms. The van der Waals surface area contributed by atoms with Gasteiger partial charge in [-0.05, 0) is 6.92 Å². The summed E-state index contributed by atoms with van der Waals surface area (Å²) >= 11 is 5.28. The third-order valence-electron chi connectivity index (χ3n) is 1.57. The van der Waals surface area contributed by atoms with Crippen LogP contribution in [0, 0.1) is 6.92 Å². The molecular weight excluding hydrogens is 193 g/mol. The topological polar surface area (TPSA) is 17.8 Å². The fourth-order valence-electron chi connectivity index (χ4n) is 0.890. The third-order valence-corrected chi connectivity index (χ3v) is 1.84. The molecular formula is C6H6ClF3N2. The van der Waals surface area contributed by atoms with Crippen LogP contribution >= 0.6 is 11.6 Å². The van der Waals surface area contributed by atoms with Gasteiger partial charge in [0.25, 0.3) is 0 Å². The number of halogens is 4. The molecule has 0 aliphatic carbocycles. The van der Waals surface area contributed by atoms with Crippen LogP contribution in [0.3, 0.4) is 0 Å². The van der Waals surface area contributed by atoms with Gasteiger partial charge >= 0.3 is 6.18 Å². The molecule has 2 nitrogen and oxygen atoms in total. The Kier molecular flexibility index (Phi) is 2.07. The minimum absolute atomic E-state index is 0.0208. The van der Waals surface area contributed by atoms with Crippen molar-refractivity contribution in [3.63, 3.8) is 0 Å². The molecule has 0 saturated carbocycles. The highest BCUT2D eigenvalue weighted by molar-refractivity contribution is 6.30. The van der Waals surface area contributed by atoms with Gasteiger partial charge in [-0.15, -0.1) is 0 Å². The lowest BCUT2D eigenvalue weighted by atomic mass is 10.2. The molecule has 1 rings (SSSR count). The van der Waals surface area contributed by atoms with E-state index in [-0.39, 0.29) is 5.69 Å². The zero-order chi connectivity index (χ0) is 9.52. The second kappa shape index (κ2) is 2.65. The number of hydrogen-bond donors (Lipinski definition) is 0. The summed E-state index contributed by atoms with van der Waals surface area (Å²) in [5, 5.41) is 2.94. The van der Waals surface area contributed by atoms with Crippen LogP contribution in [0.2, 0.25) is 5.15 Å².